The maximum absolute atomic E-state index is 12.0. The van der Waals surface area contributed by atoms with Gasteiger partial charge in [-0.25, -0.2) is 9.78 Å². The monoisotopic (exact) mass is 332 g/mol. The Morgan fingerprint density at radius 3 is 2.70 bits per heavy atom. The second-order valence-electron chi connectivity index (χ2n) is 5.05. The number of nitrogens with one attached hydrogen (secondary N) is 3. The van der Waals surface area contributed by atoms with Crippen molar-refractivity contribution >= 4 is 29.0 Å². The first kappa shape index (κ1) is 17.0. The Morgan fingerprint density at radius 2 is 2.04 bits per heavy atom. The van der Waals surface area contributed by atoms with E-state index in [0.29, 0.717) is 17.8 Å². The smallest absolute Gasteiger partial charge is 0.319 e. The summed E-state index contributed by atoms with van der Waals surface area (Å²) in [5.41, 5.74) is 4.72. The van der Waals surface area contributed by atoms with Crippen LogP contribution >= 0.6 is 11.3 Å². The molecule has 1 aromatic heterocycles. The standard InChI is InChI=1S/C16H20N4O2S/c1-10-12(15(21)17-3)5-4-6-13(10)20-16(22)18-8-7-14-11(2)19-9-23-14/h4-6,9H,7-8H2,1-3H3,(H,17,21)(H2,18,20,22). The molecule has 0 aliphatic heterocycles. The number of thiazole rings is 1. The fourth-order valence-corrected chi connectivity index (χ4v) is 2.96. The number of hydrogen-bond acceptors (Lipinski definition) is 4. The first-order chi connectivity index (χ1) is 11.0. The second-order valence-corrected chi connectivity index (χ2v) is 5.99. The van der Waals surface area contributed by atoms with E-state index in [1.165, 1.54) is 4.88 Å². The highest BCUT2D eigenvalue weighted by molar-refractivity contribution is 7.09. The molecule has 7 heteroatoms. The number of carbonyl (C=O) groups excluding carboxylic acids is 2. The number of carbonyl (C=O) groups is 2. The Kier molecular flexibility index (Phi) is 5.70. The maximum Gasteiger partial charge on any atom is 0.319 e. The highest BCUT2D eigenvalue weighted by Gasteiger charge is 2.12. The molecule has 122 valence electrons. The summed E-state index contributed by atoms with van der Waals surface area (Å²) in [6, 6.07) is 4.95. The molecule has 0 radical (unpaired) electrons. The Balaban J connectivity index is 1.93. The van der Waals surface area contributed by atoms with Crippen LogP contribution in [0.1, 0.15) is 26.5 Å². The number of aryl methyl sites for hydroxylation is 1. The minimum atomic E-state index is -0.288. The topological polar surface area (TPSA) is 83.1 Å². The van der Waals surface area contributed by atoms with Gasteiger partial charge in [-0.3, -0.25) is 4.79 Å². The third-order valence-electron chi connectivity index (χ3n) is 3.54. The van der Waals surface area contributed by atoms with Gasteiger partial charge in [0.15, 0.2) is 0 Å². The van der Waals surface area contributed by atoms with Crippen LogP contribution in [0.4, 0.5) is 10.5 Å². The van der Waals surface area contributed by atoms with Gasteiger partial charge in [0.2, 0.25) is 0 Å². The molecule has 0 aliphatic rings. The van der Waals surface area contributed by atoms with Gasteiger partial charge in [-0.15, -0.1) is 11.3 Å². The van der Waals surface area contributed by atoms with Crippen molar-refractivity contribution in [3.05, 3.63) is 45.4 Å². The maximum atomic E-state index is 12.0. The minimum Gasteiger partial charge on any atom is -0.355 e. The summed E-state index contributed by atoms with van der Waals surface area (Å²) in [7, 11) is 1.58. The largest absolute Gasteiger partial charge is 0.355 e. The summed E-state index contributed by atoms with van der Waals surface area (Å²) in [5.74, 6) is -0.174. The molecule has 0 saturated carbocycles. The highest BCUT2D eigenvalue weighted by atomic mass is 32.1. The molecule has 0 spiro atoms. The molecule has 0 aliphatic carbocycles. The van der Waals surface area contributed by atoms with Crippen LogP contribution in [0.25, 0.3) is 0 Å². The van der Waals surface area contributed by atoms with E-state index in [1.807, 2.05) is 6.92 Å². The van der Waals surface area contributed by atoms with Gasteiger partial charge in [0.25, 0.3) is 5.91 Å². The fraction of sp³-hybridized carbons (Fsp3) is 0.312. The molecule has 2 aromatic rings. The summed E-state index contributed by atoms with van der Waals surface area (Å²) < 4.78 is 0. The summed E-state index contributed by atoms with van der Waals surface area (Å²) in [4.78, 5) is 29.1. The molecule has 6 nitrogen and oxygen atoms in total. The number of benzene rings is 1. The summed E-state index contributed by atoms with van der Waals surface area (Å²) >= 11 is 1.59. The van der Waals surface area contributed by atoms with Gasteiger partial charge in [0, 0.05) is 36.1 Å². The van der Waals surface area contributed by atoms with Crippen LogP contribution < -0.4 is 16.0 Å². The van der Waals surface area contributed by atoms with Gasteiger partial charge in [-0.2, -0.15) is 0 Å². The zero-order chi connectivity index (χ0) is 16.8. The molecule has 3 amide bonds. The quantitative estimate of drug-likeness (QED) is 0.786. The predicted octanol–water partition coefficient (Wildman–Crippen LogP) is 2.48. The lowest BCUT2D eigenvalue weighted by molar-refractivity contribution is 0.0962. The highest BCUT2D eigenvalue weighted by Crippen LogP contribution is 2.18. The molecule has 0 atom stereocenters. The number of aromatic nitrogens is 1. The van der Waals surface area contributed by atoms with Crippen molar-refractivity contribution in [3.8, 4) is 0 Å². The van der Waals surface area contributed by atoms with Crippen molar-refractivity contribution in [2.45, 2.75) is 20.3 Å². The number of rotatable bonds is 5. The van der Waals surface area contributed by atoms with Crippen LogP contribution in [0.2, 0.25) is 0 Å². The number of amides is 3. The Labute approximate surface area is 139 Å². The first-order valence-electron chi connectivity index (χ1n) is 7.28. The molecule has 0 fully saturated rings. The zero-order valence-electron chi connectivity index (χ0n) is 13.4. The van der Waals surface area contributed by atoms with Gasteiger partial charge in [0.1, 0.15) is 0 Å². The average molecular weight is 332 g/mol. The molecule has 3 N–H and O–H groups in total. The molecule has 0 saturated heterocycles. The SMILES string of the molecule is CNC(=O)c1cccc(NC(=O)NCCc2scnc2C)c1C. The number of urea groups is 1. The van der Waals surface area contributed by atoms with E-state index in [1.54, 1.807) is 49.0 Å². The van der Waals surface area contributed by atoms with Gasteiger partial charge in [0.05, 0.1) is 11.2 Å². The third-order valence-corrected chi connectivity index (χ3v) is 4.53. The summed E-state index contributed by atoms with van der Waals surface area (Å²) in [6.45, 7) is 4.30. The molecular weight excluding hydrogens is 312 g/mol. The van der Waals surface area contributed by atoms with Crippen LogP contribution in [-0.4, -0.2) is 30.5 Å². The molecule has 0 bridgehead atoms. The molecule has 23 heavy (non-hydrogen) atoms. The average Bonchev–Trinajstić information content (AvgIpc) is 2.94. The number of hydrogen-bond donors (Lipinski definition) is 3. The zero-order valence-corrected chi connectivity index (χ0v) is 14.2. The lowest BCUT2D eigenvalue weighted by Gasteiger charge is -2.12. The van der Waals surface area contributed by atoms with Gasteiger partial charge < -0.3 is 16.0 Å². The Bertz CT molecular complexity index is 712. The van der Waals surface area contributed by atoms with Gasteiger partial charge in [-0.1, -0.05) is 6.07 Å². The van der Waals surface area contributed by atoms with Crippen LogP contribution in [0, 0.1) is 13.8 Å². The lowest BCUT2D eigenvalue weighted by Crippen LogP contribution is -2.31. The fourth-order valence-electron chi connectivity index (χ4n) is 2.17. The first-order valence-corrected chi connectivity index (χ1v) is 8.16. The van der Waals surface area contributed by atoms with Crippen molar-refractivity contribution in [3.63, 3.8) is 0 Å². The van der Waals surface area contributed by atoms with Crippen LogP contribution in [-0.2, 0) is 6.42 Å². The van der Waals surface area contributed by atoms with Crippen molar-refractivity contribution in [1.82, 2.24) is 15.6 Å². The van der Waals surface area contributed by atoms with E-state index in [9.17, 15) is 9.59 Å². The number of nitrogens with zero attached hydrogens (tertiary/aromatic N) is 1. The van der Waals surface area contributed by atoms with Gasteiger partial charge >= 0.3 is 6.03 Å². The van der Waals surface area contributed by atoms with Crippen LogP contribution in [0.3, 0.4) is 0 Å². The van der Waals surface area contributed by atoms with E-state index in [0.717, 1.165) is 17.7 Å². The van der Waals surface area contributed by atoms with Gasteiger partial charge in [-0.05, 0) is 31.5 Å². The minimum absolute atomic E-state index is 0.174. The van der Waals surface area contributed by atoms with Crippen molar-refractivity contribution in [1.29, 1.82) is 0 Å². The van der Waals surface area contributed by atoms with E-state index in [-0.39, 0.29) is 11.9 Å². The van der Waals surface area contributed by atoms with Crippen molar-refractivity contribution < 1.29 is 9.59 Å². The Morgan fingerprint density at radius 1 is 1.26 bits per heavy atom. The van der Waals surface area contributed by atoms with E-state index in [2.05, 4.69) is 20.9 Å². The van der Waals surface area contributed by atoms with Crippen LogP contribution in [0.5, 0.6) is 0 Å². The third kappa shape index (κ3) is 4.29. The predicted molar refractivity (Wildman–Crippen MR) is 92.1 cm³/mol. The van der Waals surface area contributed by atoms with E-state index >= 15 is 0 Å². The van der Waals surface area contributed by atoms with E-state index in [4.69, 9.17) is 0 Å². The molecule has 0 unspecified atom stereocenters. The Hall–Kier alpha value is -2.41. The number of anilines is 1. The second kappa shape index (κ2) is 7.73. The summed E-state index contributed by atoms with van der Waals surface area (Å²) in [5, 5.41) is 8.18. The lowest BCUT2D eigenvalue weighted by atomic mass is 10.1. The molecule has 1 heterocycles. The molecular formula is C16H20N4O2S. The normalized spacial score (nSPS) is 10.2. The summed E-state index contributed by atoms with van der Waals surface area (Å²) in [6.07, 6.45) is 0.751. The molecule has 1 aromatic carbocycles. The van der Waals surface area contributed by atoms with Crippen molar-refractivity contribution in [2.75, 3.05) is 18.9 Å². The van der Waals surface area contributed by atoms with E-state index < -0.39 is 0 Å². The molecule has 2 rings (SSSR count). The van der Waals surface area contributed by atoms with Crippen LogP contribution in [0.15, 0.2) is 23.7 Å². The van der Waals surface area contributed by atoms with Crippen molar-refractivity contribution in [2.24, 2.45) is 0 Å².